The van der Waals surface area contributed by atoms with Crippen LogP contribution in [0.25, 0.3) is 0 Å². The Balaban J connectivity index is 2.21. The Bertz CT molecular complexity index is 587. The highest BCUT2D eigenvalue weighted by Crippen LogP contribution is 2.23. The first-order valence-electron chi connectivity index (χ1n) is 4.94. The molecule has 1 aromatic heterocycles. The van der Waals surface area contributed by atoms with Gasteiger partial charge in [0.05, 0.1) is 11.9 Å². The molecule has 0 spiro atoms. The Hall–Kier alpha value is -1.82. The third-order valence-corrected chi connectivity index (χ3v) is 2.83. The van der Waals surface area contributed by atoms with Gasteiger partial charge in [-0.05, 0) is 46.3 Å². The Morgan fingerprint density at radius 1 is 1.17 bits per heavy atom. The van der Waals surface area contributed by atoms with Crippen molar-refractivity contribution in [2.75, 3.05) is 5.32 Å². The summed E-state index contributed by atoms with van der Waals surface area (Å²) >= 11 is 3.18. The number of pyridine rings is 1. The maximum Gasteiger partial charge on any atom is 0.274 e. The first kappa shape index (κ1) is 12.6. The van der Waals surface area contributed by atoms with Crippen molar-refractivity contribution in [3.8, 4) is 0 Å². The van der Waals surface area contributed by atoms with Crippen molar-refractivity contribution >= 4 is 27.5 Å². The number of amides is 1. The van der Waals surface area contributed by atoms with Crippen LogP contribution >= 0.6 is 15.9 Å². The Morgan fingerprint density at radius 3 is 2.56 bits per heavy atom. The normalized spacial score (nSPS) is 10.2. The second-order valence-electron chi connectivity index (χ2n) is 3.44. The van der Waals surface area contributed by atoms with Crippen molar-refractivity contribution in [2.45, 2.75) is 0 Å². The third kappa shape index (κ3) is 2.89. The van der Waals surface area contributed by atoms with Crippen LogP contribution in [0.1, 0.15) is 10.5 Å². The molecule has 1 amide bonds. The molecular formula is C12H7BrF2N2O. The van der Waals surface area contributed by atoms with E-state index >= 15 is 0 Å². The molecule has 18 heavy (non-hydrogen) atoms. The lowest BCUT2D eigenvalue weighted by Crippen LogP contribution is -2.14. The van der Waals surface area contributed by atoms with Crippen LogP contribution in [0.15, 0.2) is 41.0 Å². The number of halogens is 3. The highest BCUT2D eigenvalue weighted by molar-refractivity contribution is 9.10. The number of benzene rings is 1. The monoisotopic (exact) mass is 312 g/mol. The summed E-state index contributed by atoms with van der Waals surface area (Å²) in [6, 6.07) is 6.28. The van der Waals surface area contributed by atoms with Crippen LogP contribution in [0.3, 0.4) is 0 Å². The number of rotatable bonds is 2. The first-order valence-corrected chi connectivity index (χ1v) is 5.73. The molecule has 0 radical (unpaired) electrons. The molecule has 1 N–H and O–H groups in total. The lowest BCUT2D eigenvalue weighted by atomic mass is 10.3. The van der Waals surface area contributed by atoms with E-state index in [4.69, 9.17) is 0 Å². The average Bonchev–Trinajstić information content (AvgIpc) is 2.34. The lowest BCUT2D eigenvalue weighted by molar-refractivity contribution is 0.102. The topological polar surface area (TPSA) is 42.0 Å². The standard InChI is InChI=1S/C12H7BrF2N2O/c13-9-3-1-7(14)5-11(9)17-12(18)10-4-2-8(15)6-16-10/h1-6H,(H,17,18). The Labute approximate surface area is 110 Å². The lowest BCUT2D eigenvalue weighted by Gasteiger charge is -2.06. The predicted molar refractivity (Wildman–Crippen MR) is 66.2 cm³/mol. The molecule has 0 aliphatic carbocycles. The fourth-order valence-electron chi connectivity index (χ4n) is 1.29. The molecule has 0 unspecified atom stereocenters. The van der Waals surface area contributed by atoms with Gasteiger partial charge in [0.1, 0.15) is 17.3 Å². The number of hydrogen-bond acceptors (Lipinski definition) is 2. The zero-order chi connectivity index (χ0) is 13.1. The van der Waals surface area contributed by atoms with E-state index in [2.05, 4.69) is 26.2 Å². The fourth-order valence-corrected chi connectivity index (χ4v) is 1.64. The van der Waals surface area contributed by atoms with Crippen LogP contribution in [0, 0.1) is 11.6 Å². The molecule has 0 saturated heterocycles. The summed E-state index contributed by atoms with van der Waals surface area (Å²) in [4.78, 5) is 15.4. The van der Waals surface area contributed by atoms with Gasteiger partial charge in [0.15, 0.2) is 0 Å². The van der Waals surface area contributed by atoms with Gasteiger partial charge in [-0.1, -0.05) is 0 Å². The summed E-state index contributed by atoms with van der Waals surface area (Å²) in [6.07, 6.45) is 0.940. The molecule has 0 saturated carbocycles. The number of carbonyl (C=O) groups excluding carboxylic acids is 1. The molecule has 3 nitrogen and oxygen atoms in total. The Kier molecular flexibility index (Phi) is 3.66. The molecule has 0 aliphatic rings. The highest BCUT2D eigenvalue weighted by Gasteiger charge is 2.10. The summed E-state index contributed by atoms with van der Waals surface area (Å²) in [6.45, 7) is 0. The van der Waals surface area contributed by atoms with E-state index in [1.807, 2.05) is 0 Å². The van der Waals surface area contributed by atoms with Gasteiger partial charge >= 0.3 is 0 Å². The molecule has 0 fully saturated rings. The summed E-state index contributed by atoms with van der Waals surface area (Å²) < 4.78 is 26.2. The summed E-state index contributed by atoms with van der Waals surface area (Å²) in [5.74, 6) is -1.54. The van der Waals surface area contributed by atoms with Crippen LogP contribution in [0.2, 0.25) is 0 Å². The minimum Gasteiger partial charge on any atom is -0.320 e. The van der Waals surface area contributed by atoms with E-state index in [1.54, 1.807) is 0 Å². The molecule has 0 atom stereocenters. The van der Waals surface area contributed by atoms with Crippen molar-refractivity contribution in [1.29, 1.82) is 0 Å². The van der Waals surface area contributed by atoms with Crippen LogP contribution in [0.5, 0.6) is 0 Å². The second-order valence-corrected chi connectivity index (χ2v) is 4.29. The zero-order valence-electron chi connectivity index (χ0n) is 8.95. The van der Waals surface area contributed by atoms with E-state index in [1.165, 1.54) is 24.3 Å². The Morgan fingerprint density at radius 2 is 1.89 bits per heavy atom. The average molecular weight is 313 g/mol. The molecular weight excluding hydrogens is 306 g/mol. The van der Waals surface area contributed by atoms with Crippen molar-refractivity contribution in [3.05, 3.63) is 58.3 Å². The van der Waals surface area contributed by atoms with Crippen molar-refractivity contribution < 1.29 is 13.6 Å². The van der Waals surface area contributed by atoms with Gasteiger partial charge in [-0.3, -0.25) is 4.79 Å². The molecule has 1 aromatic carbocycles. The number of anilines is 1. The quantitative estimate of drug-likeness (QED) is 0.923. The number of carbonyl (C=O) groups is 1. The molecule has 1 heterocycles. The first-order chi connectivity index (χ1) is 8.56. The minimum atomic E-state index is -0.540. The molecule has 92 valence electrons. The van der Waals surface area contributed by atoms with Gasteiger partial charge in [0, 0.05) is 4.47 Å². The van der Waals surface area contributed by atoms with E-state index < -0.39 is 17.5 Å². The van der Waals surface area contributed by atoms with Crippen molar-refractivity contribution in [1.82, 2.24) is 4.98 Å². The van der Waals surface area contributed by atoms with E-state index in [-0.39, 0.29) is 11.4 Å². The second kappa shape index (κ2) is 5.22. The van der Waals surface area contributed by atoms with Crippen LogP contribution in [-0.2, 0) is 0 Å². The van der Waals surface area contributed by atoms with Gasteiger partial charge in [0.2, 0.25) is 0 Å². The predicted octanol–water partition coefficient (Wildman–Crippen LogP) is 3.37. The summed E-state index contributed by atoms with van der Waals surface area (Å²) in [7, 11) is 0. The van der Waals surface area contributed by atoms with Gasteiger partial charge in [0.25, 0.3) is 5.91 Å². The molecule has 2 rings (SSSR count). The number of aromatic nitrogens is 1. The van der Waals surface area contributed by atoms with Crippen LogP contribution < -0.4 is 5.32 Å². The van der Waals surface area contributed by atoms with Gasteiger partial charge in [-0.25, -0.2) is 13.8 Å². The molecule has 2 aromatic rings. The van der Waals surface area contributed by atoms with Crippen molar-refractivity contribution in [3.63, 3.8) is 0 Å². The van der Waals surface area contributed by atoms with Gasteiger partial charge < -0.3 is 5.32 Å². The maximum absolute atomic E-state index is 13.0. The minimum absolute atomic E-state index is 0.0487. The number of nitrogens with one attached hydrogen (secondary N) is 1. The van der Waals surface area contributed by atoms with Gasteiger partial charge in [-0.15, -0.1) is 0 Å². The van der Waals surface area contributed by atoms with E-state index in [0.29, 0.717) is 4.47 Å². The van der Waals surface area contributed by atoms with Crippen molar-refractivity contribution in [2.24, 2.45) is 0 Å². The highest BCUT2D eigenvalue weighted by atomic mass is 79.9. The van der Waals surface area contributed by atoms with Crippen LogP contribution in [-0.4, -0.2) is 10.9 Å². The smallest absolute Gasteiger partial charge is 0.274 e. The number of nitrogens with zero attached hydrogens (tertiary/aromatic N) is 1. The fraction of sp³-hybridized carbons (Fsp3) is 0. The van der Waals surface area contributed by atoms with E-state index in [9.17, 15) is 13.6 Å². The summed E-state index contributed by atoms with van der Waals surface area (Å²) in [5.41, 5.74) is 0.332. The zero-order valence-corrected chi connectivity index (χ0v) is 10.5. The molecule has 0 bridgehead atoms. The summed E-state index contributed by atoms with van der Waals surface area (Å²) in [5, 5.41) is 2.48. The van der Waals surface area contributed by atoms with E-state index in [0.717, 1.165) is 12.3 Å². The maximum atomic E-state index is 13.0. The molecule has 6 heteroatoms. The number of hydrogen-bond donors (Lipinski definition) is 1. The third-order valence-electron chi connectivity index (χ3n) is 2.14. The largest absolute Gasteiger partial charge is 0.320 e. The SMILES string of the molecule is O=C(Nc1cc(F)ccc1Br)c1ccc(F)cn1. The van der Waals surface area contributed by atoms with Crippen LogP contribution in [0.4, 0.5) is 14.5 Å². The van der Waals surface area contributed by atoms with Gasteiger partial charge in [-0.2, -0.15) is 0 Å². The molecule has 0 aliphatic heterocycles.